The normalized spacial score (nSPS) is 14.4. The first-order valence-corrected chi connectivity index (χ1v) is 6.19. The quantitative estimate of drug-likeness (QED) is 0.561. The predicted octanol–water partition coefficient (Wildman–Crippen LogP) is 0.165. The maximum absolute atomic E-state index is 12.0. The van der Waals surface area contributed by atoms with Gasteiger partial charge in [-0.05, 0) is 12.8 Å². The minimum absolute atomic E-state index is 0.0461. The van der Waals surface area contributed by atoms with Crippen molar-refractivity contribution in [1.82, 2.24) is 14.7 Å². The van der Waals surface area contributed by atoms with E-state index >= 15 is 0 Å². The molecule has 0 aliphatic heterocycles. The average molecular weight is 268 g/mol. The highest BCUT2D eigenvalue weighted by Crippen LogP contribution is 2.27. The van der Waals surface area contributed by atoms with Crippen molar-refractivity contribution < 1.29 is 14.8 Å². The summed E-state index contributed by atoms with van der Waals surface area (Å²) in [6, 6.07) is 0.256. The summed E-state index contributed by atoms with van der Waals surface area (Å²) in [7, 11) is 0. The van der Waals surface area contributed by atoms with E-state index in [1.165, 1.54) is 10.9 Å². The van der Waals surface area contributed by atoms with Crippen LogP contribution in [0, 0.1) is 10.1 Å². The van der Waals surface area contributed by atoms with Crippen molar-refractivity contribution in [3.8, 4) is 0 Å². The van der Waals surface area contributed by atoms with Gasteiger partial charge in [0.15, 0.2) is 0 Å². The van der Waals surface area contributed by atoms with Gasteiger partial charge in [-0.15, -0.1) is 0 Å². The Balaban J connectivity index is 1.86. The number of hydrogen-bond donors (Lipinski definition) is 1. The van der Waals surface area contributed by atoms with E-state index in [2.05, 4.69) is 5.10 Å². The Hall–Kier alpha value is -1.96. The number of hydrogen-bond acceptors (Lipinski definition) is 5. The lowest BCUT2D eigenvalue weighted by atomic mass is 10.3. The number of aliphatic hydroxyl groups is 1. The summed E-state index contributed by atoms with van der Waals surface area (Å²) in [6.45, 7) is 0.611. The second kappa shape index (κ2) is 5.79. The standard InChI is InChI=1S/C11H16N4O4/c16-6-5-14(9-1-2-9)11(17)3-4-13-8-10(7-12-13)15(18)19/h7-9,16H,1-6H2. The van der Waals surface area contributed by atoms with E-state index in [0.717, 1.165) is 19.0 Å². The van der Waals surface area contributed by atoms with Crippen molar-refractivity contribution >= 4 is 11.6 Å². The molecular formula is C11H16N4O4. The molecule has 1 aliphatic rings. The molecule has 8 nitrogen and oxygen atoms in total. The number of aryl methyl sites for hydroxylation is 1. The van der Waals surface area contributed by atoms with Crippen LogP contribution in [-0.2, 0) is 11.3 Å². The van der Waals surface area contributed by atoms with Crippen molar-refractivity contribution in [2.45, 2.75) is 31.8 Å². The van der Waals surface area contributed by atoms with E-state index in [9.17, 15) is 14.9 Å². The van der Waals surface area contributed by atoms with Gasteiger partial charge in [0.05, 0.1) is 11.5 Å². The molecule has 1 heterocycles. The van der Waals surface area contributed by atoms with Crippen molar-refractivity contribution in [3.63, 3.8) is 0 Å². The van der Waals surface area contributed by atoms with Gasteiger partial charge in [0.1, 0.15) is 12.4 Å². The van der Waals surface area contributed by atoms with Crippen molar-refractivity contribution in [2.24, 2.45) is 0 Å². The maximum Gasteiger partial charge on any atom is 0.306 e. The lowest BCUT2D eigenvalue weighted by Gasteiger charge is -2.21. The number of aromatic nitrogens is 2. The Morgan fingerprint density at radius 2 is 2.37 bits per heavy atom. The van der Waals surface area contributed by atoms with Gasteiger partial charge in [-0.3, -0.25) is 19.6 Å². The van der Waals surface area contributed by atoms with E-state index in [4.69, 9.17) is 5.11 Å². The minimum Gasteiger partial charge on any atom is -0.395 e. The second-order valence-corrected chi connectivity index (χ2v) is 4.51. The number of rotatable bonds is 7. The molecule has 0 bridgehead atoms. The Bertz CT molecular complexity index is 469. The molecule has 8 heteroatoms. The molecule has 1 amide bonds. The number of carbonyl (C=O) groups excluding carboxylic acids is 1. The van der Waals surface area contributed by atoms with Crippen molar-refractivity contribution in [3.05, 3.63) is 22.5 Å². The molecule has 1 aromatic heterocycles. The molecule has 0 radical (unpaired) electrons. The molecule has 1 N–H and O–H groups in total. The van der Waals surface area contributed by atoms with Gasteiger partial charge in [-0.1, -0.05) is 0 Å². The zero-order valence-electron chi connectivity index (χ0n) is 10.4. The minimum atomic E-state index is -0.520. The van der Waals surface area contributed by atoms with Crippen LogP contribution in [-0.4, -0.2) is 49.8 Å². The lowest BCUT2D eigenvalue weighted by Crippen LogP contribution is -2.35. The van der Waals surface area contributed by atoms with Crippen LogP contribution in [0.2, 0.25) is 0 Å². The number of amides is 1. The maximum atomic E-state index is 12.0. The first-order valence-electron chi connectivity index (χ1n) is 6.19. The first-order chi connectivity index (χ1) is 9.11. The summed E-state index contributed by atoms with van der Waals surface area (Å²) in [5, 5.41) is 23.2. The van der Waals surface area contributed by atoms with Gasteiger partial charge >= 0.3 is 5.69 Å². The fraction of sp³-hybridized carbons (Fsp3) is 0.636. The van der Waals surface area contributed by atoms with E-state index < -0.39 is 4.92 Å². The SMILES string of the molecule is O=C(CCn1cc([N+](=O)[O-])cn1)N(CCO)C1CC1. The van der Waals surface area contributed by atoms with Crippen LogP contribution in [0.5, 0.6) is 0 Å². The van der Waals surface area contributed by atoms with Gasteiger partial charge in [0, 0.05) is 25.6 Å². The fourth-order valence-corrected chi connectivity index (χ4v) is 1.93. The van der Waals surface area contributed by atoms with Crippen LogP contribution in [0.25, 0.3) is 0 Å². The van der Waals surface area contributed by atoms with Gasteiger partial charge in [0.2, 0.25) is 5.91 Å². The van der Waals surface area contributed by atoms with Gasteiger partial charge in [0.25, 0.3) is 0 Å². The summed E-state index contributed by atoms with van der Waals surface area (Å²) >= 11 is 0. The van der Waals surface area contributed by atoms with Crippen LogP contribution < -0.4 is 0 Å². The Kier molecular flexibility index (Phi) is 4.10. The van der Waals surface area contributed by atoms with E-state index in [1.807, 2.05) is 0 Å². The Labute approximate surface area is 109 Å². The largest absolute Gasteiger partial charge is 0.395 e. The number of nitro groups is 1. The average Bonchev–Trinajstić information content (AvgIpc) is 3.10. The molecule has 1 aliphatic carbocycles. The van der Waals surface area contributed by atoms with Gasteiger partial charge in [-0.2, -0.15) is 5.10 Å². The van der Waals surface area contributed by atoms with E-state index in [-0.39, 0.29) is 30.7 Å². The highest BCUT2D eigenvalue weighted by molar-refractivity contribution is 5.76. The first kappa shape index (κ1) is 13.5. The number of aliphatic hydroxyl groups excluding tert-OH is 1. The smallest absolute Gasteiger partial charge is 0.306 e. The molecular weight excluding hydrogens is 252 g/mol. The number of carbonyl (C=O) groups is 1. The third-order valence-corrected chi connectivity index (χ3v) is 3.03. The molecule has 1 fully saturated rings. The van der Waals surface area contributed by atoms with Crippen molar-refractivity contribution in [1.29, 1.82) is 0 Å². The lowest BCUT2D eigenvalue weighted by molar-refractivity contribution is -0.385. The molecule has 1 aromatic rings. The Morgan fingerprint density at radius 1 is 1.63 bits per heavy atom. The highest BCUT2D eigenvalue weighted by Gasteiger charge is 2.31. The summed E-state index contributed by atoms with van der Waals surface area (Å²) in [5.74, 6) is -0.0466. The molecule has 0 aromatic carbocycles. The molecule has 0 saturated heterocycles. The summed E-state index contributed by atoms with van der Waals surface area (Å²) in [6.07, 6.45) is 4.67. The fourth-order valence-electron chi connectivity index (χ4n) is 1.93. The molecule has 104 valence electrons. The summed E-state index contributed by atoms with van der Waals surface area (Å²) in [5.41, 5.74) is -0.0816. The van der Waals surface area contributed by atoms with Crippen molar-refractivity contribution in [2.75, 3.05) is 13.2 Å². The predicted molar refractivity (Wildman–Crippen MR) is 65.3 cm³/mol. The topological polar surface area (TPSA) is 102 Å². The van der Waals surface area contributed by atoms with E-state index in [1.54, 1.807) is 4.90 Å². The van der Waals surface area contributed by atoms with Crippen LogP contribution in [0.1, 0.15) is 19.3 Å². The van der Waals surface area contributed by atoms with Crippen LogP contribution in [0.4, 0.5) is 5.69 Å². The second-order valence-electron chi connectivity index (χ2n) is 4.51. The molecule has 2 rings (SSSR count). The zero-order valence-corrected chi connectivity index (χ0v) is 10.4. The Morgan fingerprint density at radius 3 is 2.89 bits per heavy atom. The third-order valence-electron chi connectivity index (χ3n) is 3.03. The van der Waals surface area contributed by atoms with Crippen LogP contribution in [0.15, 0.2) is 12.4 Å². The highest BCUT2D eigenvalue weighted by atomic mass is 16.6. The third kappa shape index (κ3) is 3.50. The monoisotopic (exact) mass is 268 g/mol. The van der Waals surface area contributed by atoms with E-state index in [0.29, 0.717) is 13.1 Å². The van der Waals surface area contributed by atoms with Gasteiger partial charge in [-0.25, -0.2) is 0 Å². The van der Waals surface area contributed by atoms with Crippen LogP contribution >= 0.6 is 0 Å². The zero-order chi connectivity index (χ0) is 13.8. The molecule has 0 atom stereocenters. The molecule has 19 heavy (non-hydrogen) atoms. The summed E-state index contributed by atoms with van der Waals surface area (Å²) < 4.78 is 1.39. The number of nitrogens with zero attached hydrogens (tertiary/aromatic N) is 4. The summed E-state index contributed by atoms with van der Waals surface area (Å²) in [4.78, 5) is 23.6. The van der Waals surface area contributed by atoms with Crippen LogP contribution in [0.3, 0.4) is 0 Å². The molecule has 0 spiro atoms. The molecule has 1 saturated carbocycles. The van der Waals surface area contributed by atoms with Gasteiger partial charge < -0.3 is 10.0 Å². The molecule has 0 unspecified atom stereocenters.